The van der Waals surface area contributed by atoms with E-state index < -0.39 is 0 Å². The molecule has 0 fully saturated rings. The summed E-state index contributed by atoms with van der Waals surface area (Å²) in [6, 6.07) is 3.68. The number of rotatable bonds is 6. The number of nitrogens with zero attached hydrogens (tertiary/aromatic N) is 2. The van der Waals surface area contributed by atoms with Crippen LogP contribution in [-0.4, -0.2) is 18.1 Å². The van der Waals surface area contributed by atoms with Crippen LogP contribution in [0.2, 0.25) is 5.02 Å². The van der Waals surface area contributed by atoms with Gasteiger partial charge in [0, 0.05) is 19.6 Å². The molecular weight excluding hydrogens is 222 g/mol. The summed E-state index contributed by atoms with van der Waals surface area (Å²) >= 11 is 5.95. The van der Waals surface area contributed by atoms with Crippen molar-refractivity contribution in [1.82, 2.24) is 4.98 Å². The number of nitrogens with two attached hydrogens (primary N) is 1. The molecular formula is C12H16ClN3. The third-order valence-corrected chi connectivity index (χ3v) is 2.46. The quantitative estimate of drug-likeness (QED) is 0.773. The lowest BCUT2D eigenvalue weighted by Crippen LogP contribution is -2.24. The van der Waals surface area contributed by atoms with Crippen molar-refractivity contribution in [2.45, 2.75) is 6.54 Å². The number of pyridine rings is 1. The van der Waals surface area contributed by atoms with E-state index in [-0.39, 0.29) is 0 Å². The molecule has 0 bridgehead atoms. The van der Waals surface area contributed by atoms with E-state index in [9.17, 15) is 0 Å². The first-order chi connectivity index (χ1) is 7.72. The molecule has 16 heavy (non-hydrogen) atoms. The van der Waals surface area contributed by atoms with Gasteiger partial charge in [0.15, 0.2) is 0 Å². The smallest absolute Gasteiger partial charge is 0.129 e. The lowest BCUT2D eigenvalue weighted by Gasteiger charge is -2.21. The second-order valence-corrected chi connectivity index (χ2v) is 3.69. The summed E-state index contributed by atoms with van der Waals surface area (Å²) in [6.07, 6.45) is 3.64. The topological polar surface area (TPSA) is 42.1 Å². The largest absolute Gasteiger partial charge is 0.349 e. The molecule has 3 nitrogen and oxygen atoms in total. The van der Waals surface area contributed by atoms with Crippen molar-refractivity contribution in [3.63, 3.8) is 0 Å². The van der Waals surface area contributed by atoms with Crippen LogP contribution >= 0.6 is 11.6 Å². The lowest BCUT2D eigenvalue weighted by molar-refractivity contribution is 0.898. The molecule has 0 atom stereocenters. The highest BCUT2D eigenvalue weighted by Crippen LogP contribution is 2.18. The summed E-state index contributed by atoms with van der Waals surface area (Å²) in [5.41, 5.74) is 6.27. The van der Waals surface area contributed by atoms with Crippen LogP contribution in [0.25, 0.3) is 0 Å². The van der Waals surface area contributed by atoms with E-state index in [1.165, 1.54) is 0 Å². The van der Waals surface area contributed by atoms with Crippen molar-refractivity contribution in [3.05, 3.63) is 48.2 Å². The molecule has 0 spiro atoms. The highest BCUT2D eigenvalue weighted by Gasteiger charge is 2.07. The predicted molar refractivity (Wildman–Crippen MR) is 69.7 cm³/mol. The van der Waals surface area contributed by atoms with Gasteiger partial charge in [-0.3, -0.25) is 0 Å². The third kappa shape index (κ3) is 3.08. The summed E-state index contributed by atoms with van der Waals surface area (Å²) in [4.78, 5) is 6.44. The Balaban J connectivity index is 2.99. The first-order valence-corrected chi connectivity index (χ1v) is 5.43. The monoisotopic (exact) mass is 237 g/mol. The van der Waals surface area contributed by atoms with Crippen LogP contribution in [0.3, 0.4) is 0 Å². The van der Waals surface area contributed by atoms with Crippen molar-refractivity contribution in [2.75, 3.05) is 18.0 Å². The Labute approximate surface area is 101 Å². The van der Waals surface area contributed by atoms with Gasteiger partial charge >= 0.3 is 0 Å². The Kier molecular flexibility index (Phi) is 5.02. The minimum atomic E-state index is 0.336. The molecule has 4 heteroatoms. The molecule has 0 aliphatic rings. The van der Waals surface area contributed by atoms with E-state index in [0.29, 0.717) is 30.4 Å². The Morgan fingerprint density at radius 3 is 2.44 bits per heavy atom. The van der Waals surface area contributed by atoms with Gasteiger partial charge in [-0.05, 0) is 12.1 Å². The second-order valence-electron chi connectivity index (χ2n) is 3.28. The molecule has 0 saturated heterocycles. The maximum Gasteiger partial charge on any atom is 0.129 e. The summed E-state index contributed by atoms with van der Waals surface area (Å²) < 4.78 is 0. The van der Waals surface area contributed by atoms with E-state index in [1.54, 1.807) is 0 Å². The maximum absolute atomic E-state index is 5.95. The van der Waals surface area contributed by atoms with Crippen LogP contribution in [-0.2, 0) is 6.54 Å². The van der Waals surface area contributed by atoms with E-state index in [2.05, 4.69) is 18.1 Å². The van der Waals surface area contributed by atoms with Crippen LogP contribution in [0.4, 0.5) is 5.82 Å². The average molecular weight is 238 g/mol. The Hall–Kier alpha value is -1.32. The predicted octanol–water partition coefficient (Wildman–Crippen LogP) is 2.37. The van der Waals surface area contributed by atoms with Crippen LogP contribution in [0, 0.1) is 0 Å². The number of hydrogen-bond acceptors (Lipinski definition) is 3. The fourth-order valence-electron chi connectivity index (χ4n) is 1.37. The number of aromatic nitrogens is 1. The van der Waals surface area contributed by atoms with E-state index >= 15 is 0 Å². The van der Waals surface area contributed by atoms with Gasteiger partial charge in [0.1, 0.15) is 5.82 Å². The van der Waals surface area contributed by atoms with Crippen molar-refractivity contribution < 1.29 is 0 Å². The standard InChI is InChI=1S/C12H16ClN3/c1-3-7-16(8-4-2)12-6-5-10(13)11(9-14)15-12/h3-6H,1-2,7-9,14H2. The molecule has 1 heterocycles. The maximum atomic E-state index is 5.95. The fourth-order valence-corrected chi connectivity index (χ4v) is 1.55. The Bertz CT molecular complexity index is 367. The van der Waals surface area contributed by atoms with Gasteiger partial charge in [0.25, 0.3) is 0 Å². The minimum absolute atomic E-state index is 0.336. The summed E-state index contributed by atoms with van der Waals surface area (Å²) in [7, 11) is 0. The van der Waals surface area contributed by atoms with Crippen molar-refractivity contribution in [3.8, 4) is 0 Å². The molecule has 0 radical (unpaired) electrons. The minimum Gasteiger partial charge on any atom is -0.349 e. The summed E-state index contributed by atoms with van der Waals surface area (Å²) in [5, 5.41) is 0.600. The molecule has 0 saturated carbocycles. The van der Waals surface area contributed by atoms with Crippen molar-refractivity contribution >= 4 is 17.4 Å². The molecule has 0 aromatic carbocycles. The zero-order valence-electron chi connectivity index (χ0n) is 9.19. The summed E-state index contributed by atoms with van der Waals surface area (Å²) in [5.74, 6) is 0.838. The van der Waals surface area contributed by atoms with Crippen LogP contribution in [0.15, 0.2) is 37.4 Å². The zero-order chi connectivity index (χ0) is 12.0. The highest BCUT2D eigenvalue weighted by atomic mass is 35.5. The number of anilines is 1. The SMILES string of the molecule is C=CCN(CC=C)c1ccc(Cl)c(CN)n1. The first-order valence-electron chi connectivity index (χ1n) is 5.05. The molecule has 0 aliphatic heterocycles. The summed E-state index contributed by atoms with van der Waals surface area (Å²) in [6.45, 7) is 9.19. The number of halogens is 1. The molecule has 2 N–H and O–H groups in total. The van der Waals surface area contributed by atoms with Crippen molar-refractivity contribution in [1.29, 1.82) is 0 Å². The Morgan fingerprint density at radius 1 is 1.31 bits per heavy atom. The Morgan fingerprint density at radius 2 is 1.94 bits per heavy atom. The van der Waals surface area contributed by atoms with Crippen LogP contribution in [0.1, 0.15) is 5.69 Å². The van der Waals surface area contributed by atoms with Gasteiger partial charge in [-0.1, -0.05) is 23.8 Å². The molecule has 1 aromatic heterocycles. The number of hydrogen-bond donors (Lipinski definition) is 1. The van der Waals surface area contributed by atoms with E-state index in [1.807, 2.05) is 29.2 Å². The lowest BCUT2D eigenvalue weighted by atomic mass is 10.3. The van der Waals surface area contributed by atoms with E-state index in [4.69, 9.17) is 17.3 Å². The molecule has 0 aliphatic carbocycles. The highest BCUT2D eigenvalue weighted by molar-refractivity contribution is 6.31. The second kappa shape index (κ2) is 6.30. The first kappa shape index (κ1) is 12.7. The molecule has 0 amide bonds. The average Bonchev–Trinajstić information content (AvgIpc) is 2.29. The van der Waals surface area contributed by atoms with Gasteiger partial charge in [-0.15, -0.1) is 13.2 Å². The molecule has 86 valence electrons. The van der Waals surface area contributed by atoms with Gasteiger partial charge in [-0.25, -0.2) is 4.98 Å². The fraction of sp³-hybridized carbons (Fsp3) is 0.250. The normalized spacial score (nSPS) is 9.88. The van der Waals surface area contributed by atoms with Gasteiger partial charge in [0.05, 0.1) is 10.7 Å². The van der Waals surface area contributed by atoms with Gasteiger partial charge in [-0.2, -0.15) is 0 Å². The van der Waals surface area contributed by atoms with Crippen molar-refractivity contribution in [2.24, 2.45) is 5.73 Å². The molecule has 0 unspecified atom stereocenters. The van der Waals surface area contributed by atoms with Crippen LogP contribution in [0.5, 0.6) is 0 Å². The van der Waals surface area contributed by atoms with Gasteiger partial charge < -0.3 is 10.6 Å². The van der Waals surface area contributed by atoms with Crippen LogP contribution < -0.4 is 10.6 Å². The molecule has 1 rings (SSSR count). The third-order valence-electron chi connectivity index (χ3n) is 2.12. The molecule has 1 aromatic rings. The van der Waals surface area contributed by atoms with Gasteiger partial charge in [0.2, 0.25) is 0 Å². The zero-order valence-corrected chi connectivity index (χ0v) is 9.95. The van der Waals surface area contributed by atoms with E-state index in [0.717, 1.165) is 5.82 Å².